The molecule has 116 valence electrons. The van der Waals surface area contributed by atoms with Gasteiger partial charge in [-0.3, -0.25) is 11.3 Å². The van der Waals surface area contributed by atoms with Gasteiger partial charge in [-0.25, -0.2) is 0 Å². The third-order valence-corrected chi connectivity index (χ3v) is 5.62. The first-order valence-corrected chi connectivity index (χ1v) is 8.53. The van der Waals surface area contributed by atoms with Gasteiger partial charge in [-0.05, 0) is 50.9 Å². The second-order valence-corrected chi connectivity index (χ2v) is 6.99. The van der Waals surface area contributed by atoms with E-state index >= 15 is 0 Å². The minimum Gasteiger partial charge on any atom is -0.378 e. The number of ether oxygens (including phenoxy) is 2. The highest BCUT2D eigenvalue weighted by atomic mass is 16.5. The van der Waals surface area contributed by atoms with Crippen molar-refractivity contribution in [2.45, 2.75) is 82.0 Å². The van der Waals surface area contributed by atoms with Gasteiger partial charge in [-0.15, -0.1) is 0 Å². The Bertz CT molecular complexity index is 293. The predicted molar refractivity (Wildman–Crippen MR) is 79.2 cm³/mol. The highest BCUT2D eigenvalue weighted by Gasteiger charge is 2.41. The fourth-order valence-electron chi connectivity index (χ4n) is 4.46. The lowest BCUT2D eigenvalue weighted by atomic mass is 9.73. The average Bonchev–Trinajstić information content (AvgIpc) is 2.98. The molecule has 4 nitrogen and oxygen atoms in total. The van der Waals surface area contributed by atoms with Crippen molar-refractivity contribution in [2.24, 2.45) is 11.8 Å². The zero-order valence-corrected chi connectivity index (χ0v) is 12.6. The average molecular weight is 282 g/mol. The zero-order valence-electron chi connectivity index (χ0n) is 12.6. The molecule has 0 bridgehead atoms. The summed E-state index contributed by atoms with van der Waals surface area (Å²) in [6.45, 7) is 1.84. The standard InChI is InChI=1S/C16H30N2O2/c17-18-15(11-14-5-4-9-19-14)13-6-10-20-16(12-13)7-2-1-3-8-16/h13-15,18H,1-12,17H2. The second-order valence-electron chi connectivity index (χ2n) is 6.99. The van der Waals surface area contributed by atoms with E-state index < -0.39 is 0 Å². The third kappa shape index (κ3) is 3.35. The molecule has 3 unspecified atom stereocenters. The van der Waals surface area contributed by atoms with Crippen LogP contribution in [0.25, 0.3) is 0 Å². The van der Waals surface area contributed by atoms with Gasteiger partial charge in [0, 0.05) is 19.3 Å². The Hall–Kier alpha value is -0.160. The van der Waals surface area contributed by atoms with Crippen LogP contribution >= 0.6 is 0 Å². The van der Waals surface area contributed by atoms with Crippen LogP contribution in [0.5, 0.6) is 0 Å². The van der Waals surface area contributed by atoms with Crippen LogP contribution in [-0.4, -0.2) is 31.0 Å². The predicted octanol–water partition coefficient (Wildman–Crippen LogP) is 2.52. The molecule has 1 spiro atoms. The van der Waals surface area contributed by atoms with Crippen molar-refractivity contribution >= 4 is 0 Å². The Morgan fingerprint density at radius 2 is 1.95 bits per heavy atom. The topological polar surface area (TPSA) is 56.5 Å². The second kappa shape index (κ2) is 6.73. The maximum atomic E-state index is 6.20. The maximum absolute atomic E-state index is 6.20. The molecular weight excluding hydrogens is 252 g/mol. The van der Waals surface area contributed by atoms with E-state index in [4.69, 9.17) is 15.3 Å². The molecule has 0 aromatic carbocycles. The molecule has 2 saturated heterocycles. The van der Waals surface area contributed by atoms with Crippen molar-refractivity contribution in [2.75, 3.05) is 13.2 Å². The number of hydrogen-bond donors (Lipinski definition) is 2. The summed E-state index contributed by atoms with van der Waals surface area (Å²) in [5, 5.41) is 0. The Morgan fingerprint density at radius 1 is 1.10 bits per heavy atom. The maximum Gasteiger partial charge on any atom is 0.0685 e. The fourth-order valence-corrected chi connectivity index (χ4v) is 4.46. The lowest BCUT2D eigenvalue weighted by molar-refractivity contribution is -0.123. The van der Waals surface area contributed by atoms with Crippen LogP contribution in [0.3, 0.4) is 0 Å². The molecule has 3 fully saturated rings. The molecule has 2 aliphatic heterocycles. The van der Waals surface area contributed by atoms with E-state index in [1.807, 2.05) is 0 Å². The van der Waals surface area contributed by atoms with Crippen LogP contribution in [-0.2, 0) is 9.47 Å². The molecule has 0 aromatic heterocycles. The molecule has 20 heavy (non-hydrogen) atoms. The summed E-state index contributed by atoms with van der Waals surface area (Å²) >= 11 is 0. The van der Waals surface area contributed by atoms with Crippen molar-refractivity contribution < 1.29 is 9.47 Å². The summed E-state index contributed by atoms with van der Waals surface area (Å²) in [4.78, 5) is 0. The van der Waals surface area contributed by atoms with E-state index in [1.54, 1.807) is 0 Å². The van der Waals surface area contributed by atoms with E-state index in [-0.39, 0.29) is 5.60 Å². The largest absolute Gasteiger partial charge is 0.378 e. The summed E-state index contributed by atoms with van der Waals surface area (Å²) in [6, 6.07) is 0.390. The third-order valence-electron chi connectivity index (χ3n) is 5.62. The lowest BCUT2D eigenvalue weighted by Gasteiger charge is -2.45. The van der Waals surface area contributed by atoms with Gasteiger partial charge in [-0.1, -0.05) is 19.3 Å². The Morgan fingerprint density at radius 3 is 2.65 bits per heavy atom. The zero-order chi connectivity index (χ0) is 13.8. The van der Waals surface area contributed by atoms with E-state index in [2.05, 4.69) is 5.43 Å². The SMILES string of the molecule is NNC(CC1CCCO1)C1CCOC2(CCCCC2)C1. The number of rotatable bonds is 4. The summed E-state index contributed by atoms with van der Waals surface area (Å²) in [5.74, 6) is 6.50. The monoisotopic (exact) mass is 282 g/mol. The quantitative estimate of drug-likeness (QED) is 0.614. The molecular formula is C16H30N2O2. The number of nitrogens with one attached hydrogen (secondary N) is 1. The Labute approximate surface area is 122 Å². The van der Waals surface area contributed by atoms with Crippen LogP contribution in [0.1, 0.15) is 64.2 Å². The summed E-state index contributed by atoms with van der Waals surface area (Å²) in [7, 11) is 0. The first-order valence-electron chi connectivity index (χ1n) is 8.53. The van der Waals surface area contributed by atoms with Crippen molar-refractivity contribution in [3.8, 4) is 0 Å². The van der Waals surface area contributed by atoms with Crippen molar-refractivity contribution in [1.82, 2.24) is 5.43 Å². The van der Waals surface area contributed by atoms with Crippen LogP contribution in [0, 0.1) is 5.92 Å². The normalized spacial score (nSPS) is 35.2. The van der Waals surface area contributed by atoms with Gasteiger partial charge in [0.2, 0.25) is 0 Å². The number of hydrogen-bond acceptors (Lipinski definition) is 4. The van der Waals surface area contributed by atoms with E-state index in [0.717, 1.165) is 26.1 Å². The van der Waals surface area contributed by atoms with Crippen LogP contribution in [0.2, 0.25) is 0 Å². The van der Waals surface area contributed by atoms with Gasteiger partial charge in [0.05, 0.1) is 11.7 Å². The van der Waals surface area contributed by atoms with Gasteiger partial charge in [0.25, 0.3) is 0 Å². The van der Waals surface area contributed by atoms with E-state index in [0.29, 0.717) is 18.1 Å². The van der Waals surface area contributed by atoms with Crippen LogP contribution in [0.15, 0.2) is 0 Å². The minimum absolute atomic E-state index is 0.173. The molecule has 4 heteroatoms. The first kappa shape index (κ1) is 14.8. The van der Waals surface area contributed by atoms with Crippen molar-refractivity contribution in [1.29, 1.82) is 0 Å². The Balaban J connectivity index is 1.58. The molecule has 0 radical (unpaired) electrons. The highest BCUT2D eigenvalue weighted by Crippen LogP contribution is 2.42. The summed E-state index contributed by atoms with van der Waals surface area (Å²) in [6.07, 6.45) is 12.8. The minimum atomic E-state index is 0.173. The molecule has 3 rings (SSSR count). The van der Waals surface area contributed by atoms with Crippen LogP contribution < -0.4 is 11.3 Å². The molecule has 3 aliphatic rings. The fraction of sp³-hybridized carbons (Fsp3) is 1.00. The van der Waals surface area contributed by atoms with Gasteiger partial charge >= 0.3 is 0 Å². The molecule has 3 atom stereocenters. The lowest BCUT2D eigenvalue weighted by Crippen LogP contribution is -2.50. The van der Waals surface area contributed by atoms with E-state index in [9.17, 15) is 0 Å². The number of nitrogens with two attached hydrogens (primary N) is 1. The van der Waals surface area contributed by atoms with Crippen LogP contribution in [0.4, 0.5) is 0 Å². The summed E-state index contributed by atoms with van der Waals surface area (Å²) in [5.41, 5.74) is 3.26. The van der Waals surface area contributed by atoms with E-state index in [1.165, 1.54) is 51.4 Å². The molecule has 0 amide bonds. The van der Waals surface area contributed by atoms with Crippen molar-refractivity contribution in [3.05, 3.63) is 0 Å². The van der Waals surface area contributed by atoms with Gasteiger partial charge < -0.3 is 9.47 Å². The summed E-state index contributed by atoms with van der Waals surface area (Å²) < 4.78 is 12.0. The molecule has 1 aliphatic carbocycles. The number of hydrazine groups is 1. The van der Waals surface area contributed by atoms with Gasteiger partial charge in [0.15, 0.2) is 0 Å². The van der Waals surface area contributed by atoms with Crippen molar-refractivity contribution in [3.63, 3.8) is 0 Å². The van der Waals surface area contributed by atoms with Gasteiger partial charge in [0.1, 0.15) is 0 Å². The highest BCUT2D eigenvalue weighted by molar-refractivity contribution is 4.93. The molecule has 3 N–H and O–H groups in total. The van der Waals surface area contributed by atoms with Gasteiger partial charge in [-0.2, -0.15) is 0 Å². The first-order chi connectivity index (χ1) is 9.81. The Kier molecular flexibility index (Phi) is 4.97. The molecule has 0 aromatic rings. The molecule has 2 heterocycles. The smallest absolute Gasteiger partial charge is 0.0685 e. The molecule has 1 saturated carbocycles.